The van der Waals surface area contributed by atoms with Crippen molar-refractivity contribution < 1.29 is 18.3 Å². The molecule has 18 heavy (non-hydrogen) atoms. The molecule has 1 N–H and O–H groups in total. The molecule has 2 rings (SSSR count). The van der Waals surface area contributed by atoms with E-state index in [-0.39, 0.29) is 5.56 Å². The molecule has 1 unspecified atom stereocenters. The molecule has 0 fully saturated rings. The highest BCUT2D eigenvalue weighted by atomic mass is 19.2. The molecule has 0 spiro atoms. The highest BCUT2D eigenvalue weighted by molar-refractivity contribution is 5.29. The quantitative estimate of drug-likeness (QED) is 0.625. The van der Waals surface area contributed by atoms with Crippen LogP contribution in [0, 0.1) is 17.5 Å². The molecule has 1 atom stereocenters. The Morgan fingerprint density at radius 1 is 1.00 bits per heavy atom. The monoisotopic (exact) mass is 256 g/mol. The zero-order chi connectivity index (χ0) is 13.1. The van der Waals surface area contributed by atoms with E-state index < -0.39 is 23.6 Å². The van der Waals surface area contributed by atoms with Crippen LogP contribution < -0.4 is 0 Å². The summed E-state index contributed by atoms with van der Waals surface area (Å²) in [5.41, 5.74) is 0.499. The molecular weight excluding hydrogens is 241 g/mol. The van der Waals surface area contributed by atoms with Crippen LogP contribution in [0.2, 0.25) is 0 Å². The summed E-state index contributed by atoms with van der Waals surface area (Å²) in [6, 6.07) is 1.94. The van der Waals surface area contributed by atoms with E-state index in [1.807, 2.05) is 6.08 Å². The Hall–Kier alpha value is -1.29. The minimum Gasteiger partial charge on any atom is -0.384 e. The number of allylic oxidation sites excluding steroid dienone is 1. The Morgan fingerprint density at radius 2 is 1.78 bits per heavy atom. The molecule has 1 aromatic carbocycles. The first-order valence-electron chi connectivity index (χ1n) is 6.11. The van der Waals surface area contributed by atoms with Gasteiger partial charge in [-0.25, -0.2) is 13.2 Å². The molecule has 0 bridgehead atoms. The fraction of sp³-hybridized carbons (Fsp3) is 0.429. The molecule has 0 radical (unpaired) electrons. The molecule has 1 aliphatic carbocycles. The van der Waals surface area contributed by atoms with Gasteiger partial charge in [0, 0.05) is 5.56 Å². The molecule has 0 amide bonds. The van der Waals surface area contributed by atoms with Crippen LogP contribution in [0.1, 0.15) is 43.8 Å². The average Bonchev–Trinajstić information content (AvgIpc) is 2.64. The van der Waals surface area contributed by atoms with Crippen LogP contribution in [0.4, 0.5) is 13.2 Å². The van der Waals surface area contributed by atoms with Gasteiger partial charge in [0.15, 0.2) is 17.5 Å². The molecule has 0 saturated carbocycles. The van der Waals surface area contributed by atoms with E-state index in [1.165, 1.54) is 0 Å². The highest BCUT2D eigenvalue weighted by Gasteiger charge is 2.22. The number of rotatable bonds is 2. The van der Waals surface area contributed by atoms with E-state index in [1.54, 1.807) is 0 Å². The number of halogens is 3. The zero-order valence-electron chi connectivity index (χ0n) is 9.93. The normalized spacial score (nSPS) is 18.1. The smallest absolute Gasteiger partial charge is 0.194 e. The van der Waals surface area contributed by atoms with Gasteiger partial charge in [-0.3, -0.25) is 0 Å². The van der Waals surface area contributed by atoms with Crippen LogP contribution in [0.3, 0.4) is 0 Å². The van der Waals surface area contributed by atoms with Crippen LogP contribution in [-0.4, -0.2) is 5.11 Å². The van der Waals surface area contributed by atoms with E-state index >= 15 is 0 Å². The van der Waals surface area contributed by atoms with Crippen LogP contribution in [0.25, 0.3) is 0 Å². The third kappa shape index (κ3) is 2.58. The Labute approximate surface area is 104 Å². The Kier molecular flexibility index (Phi) is 4.07. The lowest BCUT2D eigenvalue weighted by Gasteiger charge is -2.15. The molecule has 1 nitrogen and oxygen atoms in total. The first-order valence-corrected chi connectivity index (χ1v) is 6.11. The van der Waals surface area contributed by atoms with Crippen molar-refractivity contribution in [1.82, 2.24) is 0 Å². The molecular formula is C14H15F3O. The summed E-state index contributed by atoms with van der Waals surface area (Å²) >= 11 is 0. The largest absolute Gasteiger partial charge is 0.384 e. The summed E-state index contributed by atoms with van der Waals surface area (Å²) in [6.07, 6.45) is 5.21. The maximum absolute atomic E-state index is 13.6. The van der Waals surface area contributed by atoms with Gasteiger partial charge in [-0.05, 0) is 37.3 Å². The molecule has 1 aliphatic rings. The maximum atomic E-state index is 13.6. The van der Waals surface area contributed by atoms with E-state index in [9.17, 15) is 18.3 Å². The van der Waals surface area contributed by atoms with Gasteiger partial charge in [0.1, 0.15) is 6.10 Å². The Bertz CT molecular complexity index is 468. The number of aliphatic hydroxyl groups excluding tert-OH is 1. The molecule has 0 saturated heterocycles. The van der Waals surface area contributed by atoms with Crippen molar-refractivity contribution >= 4 is 0 Å². The van der Waals surface area contributed by atoms with Gasteiger partial charge in [0.25, 0.3) is 0 Å². The minimum absolute atomic E-state index is 0.193. The molecule has 0 heterocycles. The number of hydrogen-bond acceptors (Lipinski definition) is 1. The van der Waals surface area contributed by atoms with Gasteiger partial charge in [-0.2, -0.15) is 0 Å². The second-order valence-corrected chi connectivity index (χ2v) is 4.55. The van der Waals surface area contributed by atoms with Crippen molar-refractivity contribution in [2.75, 3.05) is 0 Å². The topological polar surface area (TPSA) is 20.2 Å². The standard InChI is InChI=1S/C14H15F3O/c15-11-8-7-10(12(16)13(11)17)14(18)9-5-3-1-2-4-6-9/h5,7-8,14,18H,1-4,6H2. The van der Waals surface area contributed by atoms with Crippen molar-refractivity contribution in [3.63, 3.8) is 0 Å². The lowest BCUT2D eigenvalue weighted by Crippen LogP contribution is -2.07. The van der Waals surface area contributed by atoms with Gasteiger partial charge in [-0.1, -0.05) is 18.6 Å². The van der Waals surface area contributed by atoms with Gasteiger partial charge in [-0.15, -0.1) is 0 Å². The average molecular weight is 256 g/mol. The van der Waals surface area contributed by atoms with Crippen LogP contribution in [-0.2, 0) is 0 Å². The van der Waals surface area contributed by atoms with Crippen molar-refractivity contribution in [3.8, 4) is 0 Å². The summed E-state index contributed by atoms with van der Waals surface area (Å²) < 4.78 is 39.5. The SMILES string of the molecule is OC(C1=CCCCCC1)c1ccc(F)c(F)c1F. The predicted octanol–water partition coefficient (Wildman–Crippen LogP) is 4.03. The van der Waals surface area contributed by atoms with Crippen LogP contribution in [0.5, 0.6) is 0 Å². The Balaban J connectivity index is 2.30. The summed E-state index contributed by atoms with van der Waals surface area (Å²) in [7, 11) is 0. The fourth-order valence-corrected chi connectivity index (χ4v) is 2.24. The summed E-state index contributed by atoms with van der Waals surface area (Å²) in [5, 5.41) is 10.1. The summed E-state index contributed by atoms with van der Waals surface area (Å²) in [5.74, 6) is -4.06. The van der Waals surface area contributed by atoms with Crippen molar-refractivity contribution in [2.24, 2.45) is 0 Å². The van der Waals surface area contributed by atoms with Gasteiger partial charge in [0.2, 0.25) is 0 Å². The predicted molar refractivity (Wildman–Crippen MR) is 62.4 cm³/mol. The lowest BCUT2D eigenvalue weighted by molar-refractivity contribution is 0.203. The van der Waals surface area contributed by atoms with E-state index in [0.717, 1.165) is 37.8 Å². The zero-order valence-corrected chi connectivity index (χ0v) is 9.93. The van der Waals surface area contributed by atoms with Crippen molar-refractivity contribution in [2.45, 2.75) is 38.2 Å². The summed E-state index contributed by atoms with van der Waals surface area (Å²) in [4.78, 5) is 0. The first kappa shape index (κ1) is 13.1. The van der Waals surface area contributed by atoms with E-state index in [0.29, 0.717) is 12.0 Å². The molecule has 4 heteroatoms. The maximum Gasteiger partial charge on any atom is 0.194 e. The fourth-order valence-electron chi connectivity index (χ4n) is 2.24. The third-order valence-corrected chi connectivity index (χ3v) is 3.29. The van der Waals surface area contributed by atoms with Crippen LogP contribution in [0.15, 0.2) is 23.8 Å². The van der Waals surface area contributed by atoms with E-state index in [4.69, 9.17) is 0 Å². The molecule has 0 aliphatic heterocycles. The molecule has 98 valence electrons. The van der Waals surface area contributed by atoms with Crippen molar-refractivity contribution in [3.05, 3.63) is 46.8 Å². The lowest BCUT2D eigenvalue weighted by atomic mass is 9.97. The first-order chi connectivity index (χ1) is 8.61. The van der Waals surface area contributed by atoms with Gasteiger partial charge < -0.3 is 5.11 Å². The third-order valence-electron chi connectivity index (χ3n) is 3.29. The molecule has 0 aromatic heterocycles. The Morgan fingerprint density at radius 3 is 2.56 bits per heavy atom. The number of benzene rings is 1. The van der Waals surface area contributed by atoms with Gasteiger partial charge >= 0.3 is 0 Å². The van der Waals surface area contributed by atoms with Crippen molar-refractivity contribution in [1.29, 1.82) is 0 Å². The van der Waals surface area contributed by atoms with E-state index in [2.05, 4.69) is 0 Å². The number of aliphatic hydroxyl groups is 1. The second-order valence-electron chi connectivity index (χ2n) is 4.55. The number of hydrogen-bond donors (Lipinski definition) is 1. The van der Waals surface area contributed by atoms with Crippen LogP contribution >= 0.6 is 0 Å². The molecule has 1 aromatic rings. The van der Waals surface area contributed by atoms with Gasteiger partial charge in [0.05, 0.1) is 0 Å². The highest BCUT2D eigenvalue weighted by Crippen LogP contribution is 2.31. The minimum atomic E-state index is -1.53. The second kappa shape index (κ2) is 5.57. The summed E-state index contributed by atoms with van der Waals surface area (Å²) in [6.45, 7) is 0.